The van der Waals surface area contributed by atoms with Crippen molar-refractivity contribution in [3.8, 4) is 0 Å². The minimum atomic E-state index is -0.0534. The highest BCUT2D eigenvalue weighted by atomic mass is 16.1. The fraction of sp³-hybridized carbons (Fsp3) is 0.185. The van der Waals surface area contributed by atoms with Crippen LogP contribution in [-0.4, -0.2) is 44.3 Å². The molecule has 4 nitrogen and oxygen atoms in total. The molecule has 31 heavy (non-hydrogen) atoms. The lowest BCUT2D eigenvalue weighted by Gasteiger charge is -2.35. The predicted molar refractivity (Wildman–Crippen MR) is 123 cm³/mol. The third kappa shape index (κ3) is 3.71. The van der Waals surface area contributed by atoms with Crippen LogP contribution in [0.2, 0.25) is 0 Å². The van der Waals surface area contributed by atoms with Crippen molar-refractivity contribution >= 4 is 23.3 Å². The summed E-state index contributed by atoms with van der Waals surface area (Å²) < 4.78 is 0. The van der Waals surface area contributed by atoms with Crippen molar-refractivity contribution in [3.63, 3.8) is 0 Å². The Bertz CT molecular complexity index is 1160. The number of nitrogens with zero attached hydrogens (tertiary/aromatic N) is 1. The zero-order chi connectivity index (χ0) is 21.2. The van der Waals surface area contributed by atoms with Crippen molar-refractivity contribution in [1.29, 1.82) is 0 Å². The fourth-order valence-electron chi connectivity index (χ4n) is 4.58. The van der Waals surface area contributed by atoms with Gasteiger partial charge in [0, 0.05) is 22.4 Å². The Morgan fingerprint density at radius 3 is 2.13 bits per heavy atom. The maximum Gasteiger partial charge on any atom is 0.196 e. The summed E-state index contributed by atoms with van der Waals surface area (Å²) in [6.45, 7) is 4.73. The van der Waals surface area contributed by atoms with Gasteiger partial charge in [0.15, 0.2) is 11.6 Å². The fourth-order valence-corrected chi connectivity index (χ4v) is 4.58. The first-order valence-corrected chi connectivity index (χ1v) is 10.8. The van der Waals surface area contributed by atoms with Crippen LogP contribution in [0.5, 0.6) is 0 Å². The Hall–Kier alpha value is -3.50. The average molecular weight is 410 g/mol. The lowest BCUT2D eigenvalue weighted by atomic mass is 9.83. The third-order valence-corrected chi connectivity index (χ3v) is 6.26. The van der Waals surface area contributed by atoms with Crippen LogP contribution < -0.4 is 9.80 Å². The lowest BCUT2D eigenvalue weighted by molar-refractivity contribution is -0.894. The van der Waals surface area contributed by atoms with E-state index in [1.807, 2.05) is 30.3 Å². The number of benzene rings is 3. The second-order valence-corrected chi connectivity index (χ2v) is 8.16. The summed E-state index contributed by atoms with van der Waals surface area (Å²) in [5, 5.41) is 0. The molecule has 0 radical (unpaired) electrons. The standard InChI is InChI=1S/C27H24N2O2/c30-26-21-11-4-5-12-22(21)27(31)25-23(26)13-6-14-24(25)29-18-16-28(17-19-29)15-7-10-20-8-2-1-3-9-20/h1-14H,15-19H2/p+1/b10-7+. The van der Waals surface area contributed by atoms with Gasteiger partial charge >= 0.3 is 0 Å². The summed E-state index contributed by atoms with van der Waals surface area (Å²) >= 11 is 0. The normalized spacial score (nSPS) is 16.5. The first-order valence-electron chi connectivity index (χ1n) is 10.8. The molecular weight excluding hydrogens is 384 g/mol. The SMILES string of the molecule is O=C1c2ccccc2C(=O)c2c1cccc2N1CC[NH+](C/C=C/c2ccccc2)CC1. The van der Waals surface area contributed by atoms with Crippen LogP contribution in [-0.2, 0) is 0 Å². The van der Waals surface area contributed by atoms with Gasteiger partial charge < -0.3 is 9.80 Å². The molecule has 0 amide bonds. The predicted octanol–water partition coefficient (Wildman–Crippen LogP) is 2.88. The molecule has 4 heteroatoms. The molecule has 154 valence electrons. The minimum Gasteiger partial charge on any atom is -0.360 e. The number of hydrogen-bond acceptors (Lipinski definition) is 3. The smallest absolute Gasteiger partial charge is 0.196 e. The molecule has 1 aliphatic carbocycles. The summed E-state index contributed by atoms with van der Waals surface area (Å²) in [5.41, 5.74) is 4.24. The van der Waals surface area contributed by atoms with E-state index in [-0.39, 0.29) is 11.6 Å². The number of piperazine rings is 1. The number of carbonyl (C=O) groups excluding carboxylic acids is 2. The van der Waals surface area contributed by atoms with E-state index in [0.29, 0.717) is 22.3 Å². The number of fused-ring (bicyclic) bond motifs is 2. The molecule has 1 aliphatic heterocycles. The number of nitrogens with one attached hydrogen (secondary N) is 1. The molecule has 0 bridgehead atoms. The number of anilines is 1. The van der Waals surface area contributed by atoms with E-state index in [1.54, 1.807) is 18.2 Å². The van der Waals surface area contributed by atoms with Crippen LogP contribution in [0.15, 0.2) is 78.9 Å². The number of rotatable bonds is 4. The van der Waals surface area contributed by atoms with Crippen LogP contribution in [0.25, 0.3) is 6.08 Å². The van der Waals surface area contributed by atoms with Crippen molar-refractivity contribution in [2.75, 3.05) is 37.6 Å². The molecule has 1 N–H and O–H groups in total. The molecular formula is C27H25N2O2+. The van der Waals surface area contributed by atoms with Crippen LogP contribution in [0.3, 0.4) is 0 Å². The molecule has 0 unspecified atom stereocenters. The quantitative estimate of drug-likeness (QED) is 0.564. The van der Waals surface area contributed by atoms with Crippen LogP contribution in [0.4, 0.5) is 5.69 Å². The van der Waals surface area contributed by atoms with E-state index in [1.165, 1.54) is 10.5 Å². The van der Waals surface area contributed by atoms with Gasteiger partial charge in [-0.3, -0.25) is 9.59 Å². The van der Waals surface area contributed by atoms with Crippen molar-refractivity contribution in [1.82, 2.24) is 0 Å². The van der Waals surface area contributed by atoms with Gasteiger partial charge in [0.05, 0.1) is 38.3 Å². The first kappa shape index (κ1) is 19.5. The Labute approximate surface area is 182 Å². The van der Waals surface area contributed by atoms with Crippen molar-refractivity contribution in [2.24, 2.45) is 0 Å². The maximum atomic E-state index is 13.3. The van der Waals surface area contributed by atoms with Gasteiger partial charge in [-0.1, -0.05) is 72.8 Å². The highest BCUT2D eigenvalue weighted by Crippen LogP contribution is 2.33. The molecule has 1 saturated heterocycles. The molecule has 0 atom stereocenters. The van der Waals surface area contributed by atoms with Crippen LogP contribution in [0.1, 0.15) is 37.4 Å². The van der Waals surface area contributed by atoms with Crippen molar-refractivity contribution in [3.05, 3.63) is 107 Å². The largest absolute Gasteiger partial charge is 0.360 e. The number of quaternary nitrogens is 1. The van der Waals surface area contributed by atoms with E-state index in [9.17, 15) is 9.59 Å². The van der Waals surface area contributed by atoms with Crippen LogP contribution >= 0.6 is 0 Å². The minimum absolute atomic E-state index is 0.0404. The molecule has 3 aromatic carbocycles. The van der Waals surface area contributed by atoms with Gasteiger partial charge in [0.1, 0.15) is 0 Å². The van der Waals surface area contributed by atoms with Crippen molar-refractivity contribution in [2.45, 2.75) is 0 Å². The maximum absolute atomic E-state index is 13.3. The van der Waals surface area contributed by atoms with E-state index >= 15 is 0 Å². The van der Waals surface area contributed by atoms with Crippen molar-refractivity contribution < 1.29 is 14.5 Å². The van der Waals surface area contributed by atoms with E-state index in [0.717, 1.165) is 38.4 Å². The Morgan fingerprint density at radius 1 is 0.742 bits per heavy atom. The van der Waals surface area contributed by atoms with Crippen LogP contribution in [0, 0.1) is 0 Å². The molecule has 3 aromatic rings. The van der Waals surface area contributed by atoms with E-state index < -0.39 is 0 Å². The van der Waals surface area contributed by atoms with E-state index in [2.05, 4.69) is 41.3 Å². The Kier molecular flexibility index (Phi) is 5.23. The molecule has 1 fully saturated rings. The zero-order valence-corrected chi connectivity index (χ0v) is 17.4. The number of carbonyl (C=O) groups is 2. The summed E-state index contributed by atoms with van der Waals surface area (Å²) in [5.74, 6) is -0.0938. The molecule has 5 rings (SSSR count). The number of hydrogen-bond donors (Lipinski definition) is 1. The Balaban J connectivity index is 1.31. The number of ketones is 2. The van der Waals surface area contributed by atoms with Gasteiger partial charge in [0.25, 0.3) is 0 Å². The molecule has 0 saturated carbocycles. The second-order valence-electron chi connectivity index (χ2n) is 8.16. The summed E-state index contributed by atoms with van der Waals surface area (Å²) in [7, 11) is 0. The highest BCUT2D eigenvalue weighted by Gasteiger charge is 2.33. The topological polar surface area (TPSA) is 41.8 Å². The van der Waals surface area contributed by atoms with Gasteiger partial charge in [-0.05, 0) is 17.7 Å². The summed E-state index contributed by atoms with van der Waals surface area (Å²) in [4.78, 5) is 30.1. The first-order chi connectivity index (χ1) is 15.2. The summed E-state index contributed by atoms with van der Waals surface area (Å²) in [6.07, 6.45) is 4.42. The lowest BCUT2D eigenvalue weighted by Crippen LogP contribution is -3.14. The van der Waals surface area contributed by atoms with E-state index in [4.69, 9.17) is 0 Å². The monoisotopic (exact) mass is 409 g/mol. The van der Waals surface area contributed by atoms with Gasteiger partial charge in [-0.25, -0.2) is 0 Å². The molecule has 0 spiro atoms. The molecule has 2 aliphatic rings. The Morgan fingerprint density at radius 2 is 1.39 bits per heavy atom. The molecule has 0 aromatic heterocycles. The summed E-state index contributed by atoms with van der Waals surface area (Å²) in [6, 6.07) is 23.2. The second kappa shape index (κ2) is 8.32. The van der Waals surface area contributed by atoms with Gasteiger partial charge in [0.2, 0.25) is 0 Å². The zero-order valence-electron chi connectivity index (χ0n) is 17.4. The van der Waals surface area contributed by atoms with Gasteiger partial charge in [-0.2, -0.15) is 0 Å². The molecule has 1 heterocycles. The van der Waals surface area contributed by atoms with Gasteiger partial charge in [-0.15, -0.1) is 0 Å². The average Bonchev–Trinajstić information content (AvgIpc) is 2.83. The third-order valence-electron chi connectivity index (χ3n) is 6.26. The highest BCUT2D eigenvalue weighted by molar-refractivity contribution is 6.30.